The first-order chi connectivity index (χ1) is 12.4. The molecule has 1 aliphatic heterocycles. The van der Waals surface area contributed by atoms with Gasteiger partial charge in [-0.05, 0) is 42.5 Å². The summed E-state index contributed by atoms with van der Waals surface area (Å²) >= 11 is 19.8. The lowest BCUT2D eigenvalue weighted by molar-refractivity contribution is 0.0696. The summed E-state index contributed by atoms with van der Waals surface area (Å²) in [5.74, 6) is 1.39. The van der Waals surface area contributed by atoms with Crippen LogP contribution in [0.15, 0.2) is 35.5 Å². The fourth-order valence-electron chi connectivity index (χ4n) is 2.85. The predicted octanol–water partition coefficient (Wildman–Crippen LogP) is 6.21. The summed E-state index contributed by atoms with van der Waals surface area (Å²) in [5, 5.41) is 1.47. The van der Waals surface area contributed by atoms with E-state index in [0.717, 1.165) is 36.4 Å². The molecule has 1 saturated heterocycles. The van der Waals surface area contributed by atoms with Crippen LogP contribution in [0.5, 0.6) is 0 Å². The molecule has 1 fully saturated rings. The van der Waals surface area contributed by atoms with Crippen molar-refractivity contribution in [3.63, 3.8) is 0 Å². The lowest BCUT2D eigenvalue weighted by Crippen LogP contribution is -2.37. The van der Waals surface area contributed by atoms with Crippen molar-refractivity contribution >= 4 is 52.5 Å². The van der Waals surface area contributed by atoms with Gasteiger partial charge in [0.15, 0.2) is 0 Å². The molecular formula is C19H19Cl3N2OS. The van der Waals surface area contributed by atoms with E-state index in [2.05, 4.69) is 11.9 Å². The van der Waals surface area contributed by atoms with Crippen LogP contribution in [0, 0.1) is 5.92 Å². The van der Waals surface area contributed by atoms with Crippen molar-refractivity contribution in [1.29, 1.82) is 0 Å². The maximum Gasteiger partial charge on any atom is 0.255 e. The van der Waals surface area contributed by atoms with Crippen molar-refractivity contribution < 1.29 is 4.79 Å². The van der Waals surface area contributed by atoms with E-state index in [1.165, 1.54) is 11.8 Å². The first kappa shape index (κ1) is 19.8. The molecule has 3 rings (SSSR count). The molecule has 1 aromatic heterocycles. The number of nitrogens with zero attached hydrogens (tertiary/aromatic N) is 2. The van der Waals surface area contributed by atoms with Crippen LogP contribution in [-0.2, 0) is 5.75 Å². The highest BCUT2D eigenvalue weighted by Crippen LogP contribution is 2.36. The van der Waals surface area contributed by atoms with Crippen LogP contribution >= 0.6 is 46.6 Å². The zero-order valence-corrected chi connectivity index (χ0v) is 17.4. The van der Waals surface area contributed by atoms with Crippen LogP contribution in [0.3, 0.4) is 0 Å². The van der Waals surface area contributed by atoms with E-state index >= 15 is 0 Å². The van der Waals surface area contributed by atoms with Crippen molar-refractivity contribution in [2.75, 3.05) is 13.1 Å². The topological polar surface area (TPSA) is 33.2 Å². The Morgan fingerprint density at radius 3 is 2.54 bits per heavy atom. The van der Waals surface area contributed by atoms with E-state index in [-0.39, 0.29) is 5.91 Å². The average molecular weight is 430 g/mol. The molecular weight excluding hydrogens is 411 g/mol. The summed E-state index contributed by atoms with van der Waals surface area (Å²) in [7, 11) is 0. The maximum atomic E-state index is 12.7. The highest BCUT2D eigenvalue weighted by molar-refractivity contribution is 7.98. The number of carbonyl (C=O) groups excluding carboxylic acids is 1. The van der Waals surface area contributed by atoms with E-state index in [1.807, 2.05) is 11.0 Å². The first-order valence-corrected chi connectivity index (χ1v) is 10.6. The molecule has 0 spiro atoms. The molecule has 0 bridgehead atoms. The number of pyridine rings is 1. The Morgan fingerprint density at radius 2 is 1.81 bits per heavy atom. The molecule has 1 aliphatic rings. The van der Waals surface area contributed by atoms with Crippen LogP contribution in [-0.4, -0.2) is 28.9 Å². The van der Waals surface area contributed by atoms with E-state index < -0.39 is 0 Å². The molecule has 3 nitrogen and oxygen atoms in total. The fourth-order valence-corrected chi connectivity index (χ4v) is 4.51. The summed E-state index contributed by atoms with van der Waals surface area (Å²) in [6, 6.07) is 5.31. The van der Waals surface area contributed by atoms with Gasteiger partial charge in [-0.2, -0.15) is 0 Å². The van der Waals surface area contributed by atoms with Crippen LogP contribution in [0.2, 0.25) is 15.1 Å². The molecule has 26 heavy (non-hydrogen) atoms. The highest BCUT2D eigenvalue weighted by Gasteiger charge is 2.21. The molecule has 0 N–H and O–H groups in total. The van der Waals surface area contributed by atoms with Crippen LogP contribution in [0.1, 0.15) is 35.7 Å². The molecule has 0 radical (unpaired) electrons. The van der Waals surface area contributed by atoms with Gasteiger partial charge in [-0.25, -0.2) is 0 Å². The van der Waals surface area contributed by atoms with Gasteiger partial charge in [-0.1, -0.05) is 41.7 Å². The SMILES string of the molecule is CC1CCN(C(=O)c2cncc(CSc3cc(Cl)c(Cl)cc3Cl)c2)CC1. The van der Waals surface area contributed by atoms with E-state index in [9.17, 15) is 4.79 Å². The van der Waals surface area contributed by atoms with Gasteiger partial charge in [0.2, 0.25) is 0 Å². The molecule has 138 valence electrons. The van der Waals surface area contributed by atoms with Crippen LogP contribution in [0.25, 0.3) is 0 Å². The van der Waals surface area contributed by atoms with Gasteiger partial charge >= 0.3 is 0 Å². The fraction of sp³-hybridized carbons (Fsp3) is 0.368. The molecule has 1 amide bonds. The van der Waals surface area contributed by atoms with Gasteiger partial charge in [-0.3, -0.25) is 9.78 Å². The third-order valence-electron chi connectivity index (χ3n) is 4.48. The first-order valence-electron chi connectivity index (χ1n) is 8.44. The normalized spacial score (nSPS) is 15.3. The number of amides is 1. The highest BCUT2D eigenvalue weighted by atomic mass is 35.5. The lowest BCUT2D eigenvalue weighted by Gasteiger charge is -2.30. The number of likely N-dealkylation sites (tertiary alicyclic amines) is 1. The van der Waals surface area contributed by atoms with Gasteiger partial charge in [0, 0.05) is 36.1 Å². The van der Waals surface area contributed by atoms with E-state index in [0.29, 0.717) is 32.3 Å². The summed E-state index contributed by atoms with van der Waals surface area (Å²) in [6.07, 6.45) is 5.53. The van der Waals surface area contributed by atoms with Crippen molar-refractivity contribution in [2.45, 2.75) is 30.4 Å². The van der Waals surface area contributed by atoms with Crippen LogP contribution < -0.4 is 0 Å². The number of thioether (sulfide) groups is 1. The number of halogens is 3. The zero-order chi connectivity index (χ0) is 18.7. The summed E-state index contributed by atoms with van der Waals surface area (Å²) in [4.78, 5) is 19.7. The molecule has 0 atom stereocenters. The molecule has 7 heteroatoms. The second kappa shape index (κ2) is 8.83. The Hall–Kier alpha value is -0.940. The smallest absolute Gasteiger partial charge is 0.255 e. The van der Waals surface area contributed by atoms with Crippen LogP contribution in [0.4, 0.5) is 0 Å². The molecule has 0 saturated carbocycles. The number of benzene rings is 1. The summed E-state index contributed by atoms with van der Waals surface area (Å²) < 4.78 is 0. The number of aromatic nitrogens is 1. The Bertz CT molecular complexity index is 807. The maximum absolute atomic E-state index is 12.7. The predicted molar refractivity (Wildman–Crippen MR) is 110 cm³/mol. The summed E-state index contributed by atoms with van der Waals surface area (Å²) in [6.45, 7) is 3.87. The third kappa shape index (κ3) is 4.86. The van der Waals surface area contributed by atoms with Crippen molar-refractivity contribution in [3.8, 4) is 0 Å². The van der Waals surface area contributed by atoms with Crippen molar-refractivity contribution in [1.82, 2.24) is 9.88 Å². The quantitative estimate of drug-likeness (QED) is 0.428. The minimum absolute atomic E-state index is 0.0591. The Morgan fingerprint density at radius 1 is 1.12 bits per heavy atom. The molecule has 0 unspecified atom stereocenters. The largest absolute Gasteiger partial charge is 0.339 e. The zero-order valence-electron chi connectivity index (χ0n) is 14.3. The third-order valence-corrected chi connectivity index (χ3v) is 6.76. The van der Waals surface area contributed by atoms with Gasteiger partial charge in [0.25, 0.3) is 5.91 Å². The molecule has 0 aliphatic carbocycles. The Kier molecular flexibility index (Phi) is 6.73. The minimum atomic E-state index is 0.0591. The van der Waals surface area contributed by atoms with Crippen molar-refractivity contribution in [2.24, 2.45) is 5.92 Å². The molecule has 2 heterocycles. The van der Waals surface area contributed by atoms with Gasteiger partial charge in [0.1, 0.15) is 0 Å². The lowest BCUT2D eigenvalue weighted by atomic mass is 9.99. The van der Waals surface area contributed by atoms with Gasteiger partial charge in [0.05, 0.1) is 20.6 Å². The average Bonchev–Trinajstić information content (AvgIpc) is 2.64. The summed E-state index contributed by atoms with van der Waals surface area (Å²) in [5.41, 5.74) is 1.60. The Labute approximate surface area is 173 Å². The number of rotatable bonds is 4. The molecule has 1 aromatic carbocycles. The second-order valence-corrected chi connectivity index (χ2v) is 8.78. The Balaban J connectivity index is 1.68. The number of hydrogen-bond donors (Lipinski definition) is 0. The van der Waals surface area contributed by atoms with Crippen molar-refractivity contribution in [3.05, 3.63) is 56.8 Å². The number of carbonyl (C=O) groups is 1. The number of hydrogen-bond acceptors (Lipinski definition) is 3. The second-order valence-electron chi connectivity index (χ2n) is 6.54. The van der Waals surface area contributed by atoms with Gasteiger partial charge < -0.3 is 4.90 Å². The number of piperidine rings is 1. The van der Waals surface area contributed by atoms with E-state index in [1.54, 1.807) is 24.5 Å². The molecule has 2 aromatic rings. The standard InChI is InChI=1S/C19H19Cl3N2OS/c1-12-2-4-24(5-3-12)19(25)14-6-13(9-23-10-14)11-26-18-8-16(21)15(20)7-17(18)22/h6-10,12H,2-5,11H2,1H3. The van der Waals surface area contributed by atoms with E-state index in [4.69, 9.17) is 34.8 Å². The van der Waals surface area contributed by atoms with Gasteiger partial charge in [-0.15, -0.1) is 11.8 Å². The monoisotopic (exact) mass is 428 g/mol. The minimum Gasteiger partial charge on any atom is -0.339 e.